The molecule has 0 radical (unpaired) electrons. The molecule has 0 aromatic heterocycles. The van der Waals surface area contributed by atoms with Crippen LogP contribution in [0.15, 0.2) is 11.9 Å². The van der Waals surface area contributed by atoms with Gasteiger partial charge >= 0.3 is 0 Å². The first-order valence-corrected chi connectivity index (χ1v) is 3.33. The Morgan fingerprint density at radius 2 is 2.56 bits per heavy atom. The van der Waals surface area contributed by atoms with Crippen LogP contribution in [0.1, 0.15) is 6.92 Å². The fourth-order valence-electron chi connectivity index (χ4n) is 1.39. The minimum absolute atomic E-state index is 0.575. The van der Waals surface area contributed by atoms with Crippen molar-refractivity contribution >= 4 is 0 Å². The van der Waals surface area contributed by atoms with Crippen LogP contribution in [0.5, 0.6) is 0 Å². The Balaban J connectivity index is 2.20. The van der Waals surface area contributed by atoms with Crippen LogP contribution in [-0.2, 0) is 0 Å². The second-order valence-corrected chi connectivity index (χ2v) is 2.67. The molecule has 0 amide bonds. The van der Waals surface area contributed by atoms with Crippen LogP contribution in [0, 0.1) is 5.92 Å². The van der Waals surface area contributed by atoms with Gasteiger partial charge in [-0.25, -0.2) is 5.43 Å². The first kappa shape index (κ1) is 5.11. The first-order valence-electron chi connectivity index (χ1n) is 3.33. The number of hydrogen-bond donors (Lipinski definition) is 3. The van der Waals surface area contributed by atoms with Gasteiger partial charge in [-0.05, 0) is 6.92 Å². The van der Waals surface area contributed by atoms with Crippen LogP contribution in [0.2, 0.25) is 0 Å². The van der Waals surface area contributed by atoms with Crippen molar-refractivity contribution in [3.8, 4) is 0 Å². The van der Waals surface area contributed by atoms with E-state index in [-0.39, 0.29) is 0 Å². The molecule has 2 heterocycles. The Morgan fingerprint density at radius 3 is 3.33 bits per heavy atom. The molecule has 2 unspecified atom stereocenters. The van der Waals surface area contributed by atoms with Gasteiger partial charge in [0.2, 0.25) is 0 Å². The van der Waals surface area contributed by atoms with Gasteiger partial charge in [-0.2, -0.15) is 0 Å². The average molecular weight is 125 g/mol. The summed E-state index contributed by atoms with van der Waals surface area (Å²) in [5.74, 6) is 0.671. The first-order chi connectivity index (χ1) is 4.38. The van der Waals surface area contributed by atoms with Crippen molar-refractivity contribution in [2.75, 3.05) is 6.54 Å². The smallest absolute Gasteiger partial charge is 0.0483 e. The molecule has 2 aliphatic heterocycles. The third kappa shape index (κ3) is 0.612. The second kappa shape index (κ2) is 1.64. The third-order valence-electron chi connectivity index (χ3n) is 2.04. The van der Waals surface area contributed by atoms with Crippen molar-refractivity contribution in [2.45, 2.75) is 13.0 Å². The molecule has 0 saturated carbocycles. The lowest BCUT2D eigenvalue weighted by Crippen LogP contribution is -2.31. The number of hydrazine groups is 1. The maximum Gasteiger partial charge on any atom is 0.0483 e. The average Bonchev–Trinajstić information content (AvgIpc) is 2.35. The van der Waals surface area contributed by atoms with E-state index in [2.05, 4.69) is 23.1 Å². The number of fused-ring (bicyclic) bond motifs is 1. The van der Waals surface area contributed by atoms with Crippen molar-refractivity contribution in [1.29, 1.82) is 0 Å². The highest BCUT2D eigenvalue weighted by molar-refractivity contribution is 5.15. The Morgan fingerprint density at radius 1 is 1.67 bits per heavy atom. The highest BCUT2D eigenvalue weighted by atomic mass is 15.4. The molecule has 2 aliphatic rings. The molecule has 3 heteroatoms. The van der Waals surface area contributed by atoms with E-state index in [0.717, 1.165) is 6.54 Å². The molecule has 0 aromatic rings. The summed E-state index contributed by atoms with van der Waals surface area (Å²) in [5, 5.41) is 3.19. The largest absolute Gasteiger partial charge is 0.389 e. The maximum absolute atomic E-state index is 3.19. The van der Waals surface area contributed by atoms with Crippen LogP contribution in [0.25, 0.3) is 0 Å². The maximum atomic E-state index is 3.19. The molecule has 3 N–H and O–H groups in total. The molecule has 9 heavy (non-hydrogen) atoms. The quantitative estimate of drug-likeness (QED) is 0.410. The van der Waals surface area contributed by atoms with Crippen LogP contribution in [0.4, 0.5) is 0 Å². The Labute approximate surface area is 54.5 Å². The molecule has 2 atom stereocenters. The van der Waals surface area contributed by atoms with E-state index in [4.69, 9.17) is 0 Å². The van der Waals surface area contributed by atoms with Gasteiger partial charge < -0.3 is 10.7 Å². The van der Waals surface area contributed by atoms with Crippen molar-refractivity contribution < 1.29 is 0 Å². The van der Waals surface area contributed by atoms with Crippen molar-refractivity contribution in [3.63, 3.8) is 0 Å². The van der Waals surface area contributed by atoms with Crippen LogP contribution < -0.4 is 16.2 Å². The summed E-state index contributed by atoms with van der Waals surface area (Å²) in [4.78, 5) is 0. The zero-order valence-corrected chi connectivity index (χ0v) is 5.44. The summed E-state index contributed by atoms with van der Waals surface area (Å²) < 4.78 is 0. The summed E-state index contributed by atoms with van der Waals surface area (Å²) in [6, 6.07) is 0.575. The van der Waals surface area contributed by atoms with E-state index in [1.54, 1.807) is 0 Å². The van der Waals surface area contributed by atoms with Gasteiger partial charge in [0, 0.05) is 30.4 Å². The third-order valence-corrected chi connectivity index (χ3v) is 2.04. The van der Waals surface area contributed by atoms with Gasteiger partial charge in [-0.1, -0.05) is 0 Å². The highest BCUT2D eigenvalue weighted by Gasteiger charge is 2.30. The van der Waals surface area contributed by atoms with E-state index in [1.807, 2.05) is 6.20 Å². The van der Waals surface area contributed by atoms with Crippen molar-refractivity contribution in [1.82, 2.24) is 16.2 Å². The molecule has 1 saturated heterocycles. The summed E-state index contributed by atoms with van der Waals surface area (Å²) in [6.45, 7) is 3.27. The zero-order valence-electron chi connectivity index (χ0n) is 5.44. The Bertz CT molecular complexity index is 152. The highest BCUT2D eigenvalue weighted by Crippen LogP contribution is 2.19. The van der Waals surface area contributed by atoms with Crippen LogP contribution in [0.3, 0.4) is 0 Å². The molecule has 0 aliphatic carbocycles. The number of hydrogen-bond acceptors (Lipinski definition) is 3. The normalized spacial score (nSPS) is 39.0. The summed E-state index contributed by atoms with van der Waals surface area (Å²) >= 11 is 0. The van der Waals surface area contributed by atoms with Gasteiger partial charge in [0.1, 0.15) is 0 Å². The summed E-state index contributed by atoms with van der Waals surface area (Å²) in [7, 11) is 0. The molecule has 0 bridgehead atoms. The topological polar surface area (TPSA) is 36.1 Å². The summed E-state index contributed by atoms with van der Waals surface area (Å²) in [6.07, 6.45) is 2.04. The van der Waals surface area contributed by atoms with Gasteiger partial charge in [0.05, 0.1) is 0 Å². The van der Waals surface area contributed by atoms with E-state index in [1.165, 1.54) is 5.70 Å². The predicted molar refractivity (Wildman–Crippen MR) is 35.3 cm³/mol. The fraction of sp³-hybridized carbons (Fsp3) is 0.667. The molecule has 0 spiro atoms. The molecule has 1 fully saturated rings. The van der Waals surface area contributed by atoms with Gasteiger partial charge in [-0.15, -0.1) is 0 Å². The molecular weight excluding hydrogens is 114 g/mol. The number of rotatable bonds is 0. The van der Waals surface area contributed by atoms with E-state index in [0.29, 0.717) is 12.0 Å². The van der Waals surface area contributed by atoms with Gasteiger partial charge in [0.25, 0.3) is 0 Å². The zero-order chi connectivity index (χ0) is 6.27. The van der Waals surface area contributed by atoms with E-state index >= 15 is 0 Å². The lowest BCUT2D eigenvalue weighted by Gasteiger charge is -2.07. The lowest BCUT2D eigenvalue weighted by molar-refractivity contribution is 0.501. The van der Waals surface area contributed by atoms with Crippen molar-refractivity contribution in [3.05, 3.63) is 11.9 Å². The predicted octanol–water partition coefficient (Wildman–Crippen LogP) is -0.457. The molecule has 0 aromatic carbocycles. The van der Waals surface area contributed by atoms with E-state index < -0.39 is 0 Å². The van der Waals surface area contributed by atoms with Crippen LogP contribution in [-0.4, -0.2) is 12.6 Å². The standard InChI is InChI=1S/C6H11N3/c1-4-5-2-7-3-6(5)9-8-4/h3-5,7-9H,2H2,1H3. The van der Waals surface area contributed by atoms with Crippen molar-refractivity contribution in [2.24, 2.45) is 5.92 Å². The molecule has 50 valence electrons. The molecule has 2 rings (SSSR count). The molecular formula is C6H11N3. The van der Waals surface area contributed by atoms with E-state index in [9.17, 15) is 0 Å². The minimum atomic E-state index is 0.575. The SMILES string of the molecule is CC1NNC2=CNCC21. The molecule has 3 nitrogen and oxygen atoms in total. The summed E-state index contributed by atoms with van der Waals surface area (Å²) in [5.41, 5.74) is 7.59. The monoisotopic (exact) mass is 125 g/mol. The Hall–Kier alpha value is -0.700. The fourth-order valence-corrected chi connectivity index (χ4v) is 1.39. The van der Waals surface area contributed by atoms with Gasteiger partial charge in [0.15, 0.2) is 0 Å². The van der Waals surface area contributed by atoms with Gasteiger partial charge in [-0.3, -0.25) is 0 Å². The number of nitrogens with one attached hydrogen (secondary N) is 3. The second-order valence-electron chi connectivity index (χ2n) is 2.67. The lowest BCUT2D eigenvalue weighted by atomic mass is 10.0. The minimum Gasteiger partial charge on any atom is -0.389 e. The van der Waals surface area contributed by atoms with Crippen LogP contribution >= 0.6 is 0 Å². The Kier molecular flexibility index (Phi) is 0.931.